The van der Waals surface area contributed by atoms with Gasteiger partial charge in [-0.3, -0.25) is 4.79 Å². The predicted octanol–water partition coefficient (Wildman–Crippen LogP) is 2.68. The van der Waals surface area contributed by atoms with Crippen LogP contribution in [0.3, 0.4) is 0 Å². The molecule has 1 aromatic carbocycles. The van der Waals surface area contributed by atoms with E-state index in [2.05, 4.69) is 21.7 Å². The Bertz CT molecular complexity index is 739. The third kappa shape index (κ3) is 4.66. The highest BCUT2D eigenvalue weighted by Crippen LogP contribution is 2.16. The van der Waals surface area contributed by atoms with Gasteiger partial charge in [-0.2, -0.15) is 0 Å². The van der Waals surface area contributed by atoms with Gasteiger partial charge in [-0.25, -0.2) is 4.98 Å². The molecule has 0 spiro atoms. The minimum atomic E-state index is -0.0793. The van der Waals surface area contributed by atoms with Gasteiger partial charge in [-0.05, 0) is 38.1 Å². The molecule has 0 radical (unpaired) electrons. The molecule has 24 heavy (non-hydrogen) atoms. The summed E-state index contributed by atoms with van der Waals surface area (Å²) in [6.07, 6.45) is 3.12. The number of aryl methyl sites for hydroxylation is 1. The van der Waals surface area contributed by atoms with E-state index in [-0.39, 0.29) is 5.91 Å². The molecule has 1 aliphatic rings. The number of thiazole rings is 1. The van der Waals surface area contributed by atoms with Crippen LogP contribution in [0.1, 0.15) is 27.5 Å². The zero-order valence-corrected chi connectivity index (χ0v) is 14.5. The molecule has 0 saturated carbocycles. The molecule has 126 valence electrons. The molecule has 5 nitrogen and oxygen atoms in total. The maximum absolute atomic E-state index is 12.3. The Morgan fingerprint density at radius 2 is 2.38 bits per heavy atom. The molecule has 1 aromatic heterocycles. The van der Waals surface area contributed by atoms with Crippen LogP contribution in [0.15, 0.2) is 41.3 Å². The molecule has 2 heterocycles. The summed E-state index contributed by atoms with van der Waals surface area (Å²) >= 11 is 1.60. The van der Waals surface area contributed by atoms with Gasteiger partial charge in [0.2, 0.25) is 0 Å². The van der Waals surface area contributed by atoms with Gasteiger partial charge in [0.15, 0.2) is 0 Å². The summed E-state index contributed by atoms with van der Waals surface area (Å²) in [7, 11) is 0. The van der Waals surface area contributed by atoms with Gasteiger partial charge >= 0.3 is 0 Å². The Morgan fingerprint density at radius 1 is 1.46 bits per heavy atom. The van der Waals surface area contributed by atoms with Gasteiger partial charge in [-0.15, -0.1) is 11.3 Å². The van der Waals surface area contributed by atoms with Crippen LogP contribution >= 0.6 is 11.3 Å². The van der Waals surface area contributed by atoms with Crippen molar-refractivity contribution in [1.82, 2.24) is 15.6 Å². The van der Waals surface area contributed by atoms with Gasteiger partial charge in [0.25, 0.3) is 5.91 Å². The average molecular weight is 343 g/mol. The molecule has 0 unspecified atom stereocenters. The lowest BCUT2D eigenvalue weighted by molar-refractivity contribution is 0.0956. The largest absolute Gasteiger partial charge is 0.487 e. The summed E-state index contributed by atoms with van der Waals surface area (Å²) in [6, 6.07) is 7.25. The Balaban J connectivity index is 1.55. The van der Waals surface area contributed by atoms with Crippen molar-refractivity contribution in [2.24, 2.45) is 0 Å². The molecule has 2 aromatic rings. The van der Waals surface area contributed by atoms with Crippen molar-refractivity contribution in [1.29, 1.82) is 0 Å². The summed E-state index contributed by atoms with van der Waals surface area (Å²) < 4.78 is 5.74. The Morgan fingerprint density at radius 3 is 3.12 bits per heavy atom. The Kier molecular flexibility index (Phi) is 5.61. The van der Waals surface area contributed by atoms with E-state index < -0.39 is 0 Å². The molecule has 0 saturated heterocycles. The number of aromatic nitrogens is 1. The lowest BCUT2D eigenvalue weighted by atomic mass is 10.1. The number of amides is 1. The van der Waals surface area contributed by atoms with Gasteiger partial charge in [0.1, 0.15) is 12.4 Å². The van der Waals surface area contributed by atoms with E-state index in [1.165, 1.54) is 5.57 Å². The molecule has 0 fully saturated rings. The number of hydrogen-bond donors (Lipinski definition) is 2. The number of benzene rings is 1. The minimum absolute atomic E-state index is 0.0793. The fourth-order valence-corrected chi connectivity index (χ4v) is 3.08. The van der Waals surface area contributed by atoms with Gasteiger partial charge in [0, 0.05) is 24.0 Å². The van der Waals surface area contributed by atoms with E-state index in [0.29, 0.717) is 24.5 Å². The summed E-state index contributed by atoms with van der Waals surface area (Å²) in [4.78, 5) is 16.7. The zero-order valence-electron chi connectivity index (χ0n) is 13.7. The maximum Gasteiger partial charge on any atom is 0.251 e. The standard InChI is InChI=1S/C18H21N3O2S/c1-13-21-16(12-24-13)11-23-17-4-2-3-15(9-17)18(22)20-10-14-5-7-19-8-6-14/h2-5,9,12,19H,6-8,10-11H2,1H3,(H,20,22). The SMILES string of the molecule is Cc1nc(COc2cccc(C(=O)NCC3=CCNCC3)c2)cs1. The number of nitrogens with one attached hydrogen (secondary N) is 2. The predicted molar refractivity (Wildman–Crippen MR) is 95.5 cm³/mol. The van der Waals surface area contributed by atoms with Crippen molar-refractivity contribution >= 4 is 17.2 Å². The van der Waals surface area contributed by atoms with Crippen LogP contribution in [0.2, 0.25) is 0 Å². The number of hydrogen-bond acceptors (Lipinski definition) is 5. The quantitative estimate of drug-likeness (QED) is 0.792. The van der Waals surface area contributed by atoms with Crippen molar-refractivity contribution < 1.29 is 9.53 Å². The number of carbonyl (C=O) groups is 1. The molecular weight excluding hydrogens is 322 g/mol. The Hall–Kier alpha value is -2.18. The van der Waals surface area contributed by atoms with E-state index in [0.717, 1.165) is 30.2 Å². The highest BCUT2D eigenvalue weighted by atomic mass is 32.1. The lowest BCUT2D eigenvalue weighted by Gasteiger charge is -2.14. The van der Waals surface area contributed by atoms with Crippen LogP contribution in [0, 0.1) is 6.92 Å². The van der Waals surface area contributed by atoms with Gasteiger partial charge in [0.05, 0.1) is 10.7 Å². The summed E-state index contributed by atoms with van der Waals surface area (Å²) in [5.74, 6) is 0.596. The van der Waals surface area contributed by atoms with Crippen LogP contribution in [0.5, 0.6) is 5.75 Å². The monoisotopic (exact) mass is 343 g/mol. The molecule has 6 heteroatoms. The normalized spacial score (nSPS) is 14.1. The smallest absolute Gasteiger partial charge is 0.251 e. The van der Waals surface area contributed by atoms with E-state index in [1.807, 2.05) is 24.4 Å². The van der Waals surface area contributed by atoms with Crippen molar-refractivity contribution in [3.63, 3.8) is 0 Å². The minimum Gasteiger partial charge on any atom is -0.487 e. The number of carbonyl (C=O) groups excluding carboxylic acids is 1. The van der Waals surface area contributed by atoms with Crippen LogP contribution < -0.4 is 15.4 Å². The van der Waals surface area contributed by atoms with Crippen LogP contribution in [-0.4, -0.2) is 30.5 Å². The molecule has 0 bridgehead atoms. The first-order valence-corrected chi connectivity index (χ1v) is 8.89. The van der Waals surface area contributed by atoms with Crippen molar-refractivity contribution in [3.8, 4) is 5.75 Å². The third-order valence-corrected chi connectivity index (χ3v) is 4.61. The second-order valence-corrected chi connectivity index (χ2v) is 6.74. The zero-order chi connectivity index (χ0) is 16.8. The second-order valence-electron chi connectivity index (χ2n) is 5.67. The van der Waals surface area contributed by atoms with Crippen molar-refractivity contribution in [3.05, 3.63) is 57.6 Å². The molecule has 1 aliphatic heterocycles. The van der Waals surface area contributed by atoms with Crippen LogP contribution in [0.4, 0.5) is 0 Å². The molecule has 3 rings (SSSR count). The van der Waals surface area contributed by atoms with Gasteiger partial charge < -0.3 is 15.4 Å². The number of rotatable bonds is 6. The van der Waals surface area contributed by atoms with Gasteiger partial charge in [-0.1, -0.05) is 17.7 Å². The first kappa shape index (κ1) is 16.7. The Labute approximate surface area is 145 Å². The van der Waals surface area contributed by atoms with Crippen molar-refractivity contribution in [2.45, 2.75) is 20.0 Å². The summed E-state index contributed by atoms with van der Waals surface area (Å²) in [5, 5.41) is 9.24. The molecular formula is C18H21N3O2S. The number of ether oxygens (including phenoxy) is 1. The second kappa shape index (κ2) is 8.08. The van der Waals surface area contributed by atoms with E-state index in [4.69, 9.17) is 4.74 Å². The van der Waals surface area contributed by atoms with E-state index in [9.17, 15) is 4.79 Å². The summed E-state index contributed by atoms with van der Waals surface area (Å²) in [6.45, 7) is 4.84. The molecule has 1 amide bonds. The fraction of sp³-hybridized carbons (Fsp3) is 0.333. The third-order valence-electron chi connectivity index (χ3n) is 3.78. The highest BCUT2D eigenvalue weighted by Gasteiger charge is 2.09. The maximum atomic E-state index is 12.3. The lowest BCUT2D eigenvalue weighted by Crippen LogP contribution is -2.29. The first-order valence-electron chi connectivity index (χ1n) is 8.01. The van der Waals surface area contributed by atoms with E-state index >= 15 is 0 Å². The van der Waals surface area contributed by atoms with Crippen molar-refractivity contribution in [2.75, 3.05) is 19.6 Å². The summed E-state index contributed by atoms with van der Waals surface area (Å²) in [5.41, 5.74) is 2.79. The topological polar surface area (TPSA) is 63.2 Å². The molecule has 2 N–H and O–H groups in total. The highest BCUT2D eigenvalue weighted by molar-refractivity contribution is 7.09. The average Bonchev–Trinajstić information content (AvgIpc) is 3.04. The molecule has 0 atom stereocenters. The first-order chi connectivity index (χ1) is 11.7. The number of nitrogens with zero attached hydrogens (tertiary/aromatic N) is 1. The molecule has 0 aliphatic carbocycles. The van der Waals surface area contributed by atoms with Crippen LogP contribution in [-0.2, 0) is 6.61 Å². The van der Waals surface area contributed by atoms with Crippen LogP contribution in [0.25, 0.3) is 0 Å². The van der Waals surface area contributed by atoms with E-state index in [1.54, 1.807) is 23.5 Å². The fourth-order valence-electron chi connectivity index (χ4n) is 2.48.